The lowest BCUT2D eigenvalue weighted by atomic mass is 10.1. The van der Waals surface area contributed by atoms with E-state index in [1.165, 1.54) is 0 Å². The molecular formula is C18H24N2OSi. The van der Waals surface area contributed by atoms with E-state index in [2.05, 4.69) is 42.6 Å². The first-order chi connectivity index (χ1) is 10.3. The van der Waals surface area contributed by atoms with Gasteiger partial charge in [0.2, 0.25) is 8.32 Å². The third-order valence-electron chi connectivity index (χ3n) is 3.15. The highest BCUT2D eigenvalue weighted by molar-refractivity contribution is 6.70. The maximum atomic E-state index is 6.17. The fourth-order valence-corrected chi connectivity index (χ4v) is 2.92. The summed E-state index contributed by atoms with van der Waals surface area (Å²) >= 11 is 0. The molecule has 0 saturated carbocycles. The quantitative estimate of drug-likeness (QED) is 0.588. The van der Waals surface area contributed by atoms with Gasteiger partial charge in [0.15, 0.2) is 0 Å². The average Bonchev–Trinajstić information content (AvgIpc) is 2.45. The summed E-state index contributed by atoms with van der Waals surface area (Å²) < 4.78 is 6.17. The smallest absolute Gasteiger partial charge is 0.242 e. The van der Waals surface area contributed by atoms with Crippen LogP contribution in [-0.4, -0.2) is 19.5 Å². The van der Waals surface area contributed by atoms with Gasteiger partial charge in [-0.1, -0.05) is 24.3 Å². The zero-order valence-electron chi connectivity index (χ0n) is 14.0. The van der Waals surface area contributed by atoms with E-state index in [-0.39, 0.29) is 6.04 Å². The number of pyridine rings is 1. The highest BCUT2D eigenvalue weighted by atomic mass is 28.4. The minimum Gasteiger partial charge on any atom is -0.544 e. The van der Waals surface area contributed by atoms with Crippen molar-refractivity contribution in [1.82, 2.24) is 4.98 Å². The molecule has 22 heavy (non-hydrogen) atoms. The van der Waals surface area contributed by atoms with Gasteiger partial charge in [-0.2, -0.15) is 0 Å². The normalized spacial score (nSPS) is 13.3. The van der Waals surface area contributed by atoms with E-state index in [1.54, 1.807) is 0 Å². The van der Waals surface area contributed by atoms with E-state index >= 15 is 0 Å². The number of para-hydroxylation sites is 1. The van der Waals surface area contributed by atoms with E-state index < -0.39 is 8.32 Å². The molecule has 1 atom stereocenters. The molecule has 1 aromatic carbocycles. The van der Waals surface area contributed by atoms with Crippen LogP contribution in [0, 0.1) is 6.92 Å². The van der Waals surface area contributed by atoms with Crippen LogP contribution in [0.3, 0.4) is 0 Å². The van der Waals surface area contributed by atoms with Crippen molar-refractivity contribution in [2.45, 2.75) is 39.5 Å². The van der Waals surface area contributed by atoms with Gasteiger partial charge in [-0.3, -0.25) is 9.98 Å². The van der Waals surface area contributed by atoms with Gasteiger partial charge >= 0.3 is 0 Å². The number of benzene rings is 1. The molecule has 0 aliphatic carbocycles. The van der Waals surface area contributed by atoms with E-state index in [0.717, 1.165) is 22.6 Å². The molecule has 0 fully saturated rings. The van der Waals surface area contributed by atoms with Crippen molar-refractivity contribution in [3.05, 3.63) is 59.4 Å². The average molecular weight is 312 g/mol. The summed E-state index contributed by atoms with van der Waals surface area (Å²) in [5.74, 6) is 0.947. The summed E-state index contributed by atoms with van der Waals surface area (Å²) in [5.41, 5.74) is 3.15. The van der Waals surface area contributed by atoms with Crippen molar-refractivity contribution >= 4 is 14.5 Å². The Kier molecular flexibility index (Phi) is 5.14. The molecule has 3 nitrogen and oxygen atoms in total. The number of aliphatic imine (C=N–C) groups is 1. The SMILES string of the molecule is Cc1ccc(/C=N\C(C)c2ccccc2O[Si](C)(C)C)nc1. The molecule has 116 valence electrons. The number of hydrogen-bond donors (Lipinski definition) is 0. The van der Waals surface area contributed by atoms with Gasteiger partial charge in [0.25, 0.3) is 0 Å². The number of aromatic nitrogens is 1. The molecule has 0 aliphatic heterocycles. The van der Waals surface area contributed by atoms with Crippen molar-refractivity contribution in [2.75, 3.05) is 0 Å². The zero-order valence-corrected chi connectivity index (χ0v) is 15.0. The van der Waals surface area contributed by atoms with Gasteiger partial charge in [0.1, 0.15) is 5.75 Å². The van der Waals surface area contributed by atoms with Crippen molar-refractivity contribution in [3.8, 4) is 5.75 Å². The summed E-state index contributed by atoms with van der Waals surface area (Å²) in [7, 11) is -1.63. The fourth-order valence-electron chi connectivity index (χ4n) is 2.07. The summed E-state index contributed by atoms with van der Waals surface area (Å²) in [6, 6.07) is 12.2. The van der Waals surface area contributed by atoms with E-state index in [4.69, 9.17) is 4.43 Å². The number of aryl methyl sites for hydroxylation is 1. The predicted octanol–water partition coefficient (Wildman–Crippen LogP) is 4.78. The molecule has 1 aromatic heterocycles. The van der Waals surface area contributed by atoms with Crippen molar-refractivity contribution in [1.29, 1.82) is 0 Å². The third kappa shape index (κ3) is 4.81. The molecule has 0 bridgehead atoms. The Hall–Kier alpha value is -1.94. The molecule has 4 heteroatoms. The van der Waals surface area contributed by atoms with Gasteiger partial charge in [0.05, 0.1) is 11.7 Å². The first-order valence-electron chi connectivity index (χ1n) is 7.59. The molecule has 2 aromatic rings. The molecule has 0 N–H and O–H groups in total. The van der Waals surface area contributed by atoms with Crippen LogP contribution in [0.5, 0.6) is 5.75 Å². The first-order valence-corrected chi connectivity index (χ1v) is 11.0. The Bertz CT molecular complexity index is 645. The predicted molar refractivity (Wildman–Crippen MR) is 95.4 cm³/mol. The zero-order chi connectivity index (χ0) is 16.2. The number of hydrogen-bond acceptors (Lipinski definition) is 3. The molecule has 1 unspecified atom stereocenters. The van der Waals surface area contributed by atoms with Crippen LogP contribution in [0.25, 0.3) is 0 Å². The van der Waals surface area contributed by atoms with Gasteiger partial charge in [-0.25, -0.2) is 0 Å². The molecule has 0 radical (unpaired) electrons. The lowest BCUT2D eigenvalue weighted by Crippen LogP contribution is -2.29. The second-order valence-corrected chi connectivity index (χ2v) is 10.9. The lowest BCUT2D eigenvalue weighted by molar-refractivity contribution is 0.543. The summed E-state index contributed by atoms with van der Waals surface area (Å²) in [6.07, 6.45) is 3.68. The van der Waals surface area contributed by atoms with Crippen molar-refractivity contribution < 1.29 is 4.43 Å². The van der Waals surface area contributed by atoms with Gasteiger partial charge in [0, 0.05) is 18.0 Å². The summed E-state index contributed by atoms with van der Waals surface area (Å²) in [4.78, 5) is 8.98. The first kappa shape index (κ1) is 16.4. The third-order valence-corrected chi connectivity index (χ3v) is 3.98. The van der Waals surface area contributed by atoms with Crippen molar-refractivity contribution in [2.24, 2.45) is 4.99 Å². The Morgan fingerprint density at radius 2 is 1.86 bits per heavy atom. The van der Waals surface area contributed by atoms with Gasteiger partial charge in [-0.15, -0.1) is 0 Å². The lowest BCUT2D eigenvalue weighted by Gasteiger charge is -2.22. The topological polar surface area (TPSA) is 34.5 Å². The van der Waals surface area contributed by atoms with Crippen LogP contribution in [0.1, 0.15) is 29.8 Å². The van der Waals surface area contributed by atoms with Crippen molar-refractivity contribution in [3.63, 3.8) is 0 Å². The molecule has 1 heterocycles. The van der Waals surface area contributed by atoms with Crippen LogP contribution in [0.4, 0.5) is 0 Å². The summed E-state index contributed by atoms with van der Waals surface area (Å²) in [6.45, 7) is 10.7. The molecule has 2 rings (SSSR count). The van der Waals surface area contributed by atoms with Gasteiger partial charge < -0.3 is 4.43 Å². The number of rotatable bonds is 5. The van der Waals surface area contributed by atoms with Crippen LogP contribution in [-0.2, 0) is 0 Å². The highest BCUT2D eigenvalue weighted by Gasteiger charge is 2.19. The van der Waals surface area contributed by atoms with E-state index in [0.29, 0.717) is 0 Å². The molecule has 0 saturated heterocycles. The van der Waals surface area contributed by atoms with Gasteiger partial charge in [-0.05, 0) is 51.2 Å². The van der Waals surface area contributed by atoms with Crippen LogP contribution >= 0.6 is 0 Å². The van der Waals surface area contributed by atoms with E-state index in [1.807, 2.05) is 49.7 Å². The molecule has 0 spiro atoms. The highest BCUT2D eigenvalue weighted by Crippen LogP contribution is 2.29. The maximum absolute atomic E-state index is 6.17. The molecule has 0 aliphatic rings. The molecular weight excluding hydrogens is 288 g/mol. The minimum atomic E-state index is -1.63. The largest absolute Gasteiger partial charge is 0.544 e. The second-order valence-electron chi connectivity index (χ2n) is 6.47. The Balaban J connectivity index is 2.19. The number of nitrogens with zero attached hydrogens (tertiary/aromatic N) is 2. The van der Waals surface area contributed by atoms with E-state index in [9.17, 15) is 0 Å². The monoisotopic (exact) mass is 312 g/mol. The standard InChI is InChI=1S/C18H24N2OSi/c1-14-10-11-16(20-12-14)13-19-15(2)17-8-6-7-9-18(17)21-22(3,4)5/h6-13,15H,1-5H3/b19-13-. The molecule has 0 amide bonds. The Morgan fingerprint density at radius 1 is 1.14 bits per heavy atom. The minimum absolute atomic E-state index is 0.0376. The maximum Gasteiger partial charge on any atom is 0.242 e. The summed E-state index contributed by atoms with van der Waals surface area (Å²) in [5, 5.41) is 0. The second kappa shape index (κ2) is 6.88. The van der Waals surface area contributed by atoms with Crippen LogP contribution in [0.15, 0.2) is 47.6 Å². The van der Waals surface area contributed by atoms with Crippen LogP contribution < -0.4 is 4.43 Å². The fraction of sp³-hybridized carbons (Fsp3) is 0.333. The Morgan fingerprint density at radius 3 is 2.50 bits per heavy atom. The van der Waals surface area contributed by atoms with Crippen LogP contribution in [0.2, 0.25) is 19.6 Å². The Labute approximate surface area is 134 Å².